The molecule has 1 aromatic rings. The van der Waals surface area contributed by atoms with Crippen molar-refractivity contribution in [3.05, 3.63) is 28.8 Å². The third kappa shape index (κ3) is 0.692. The molecule has 0 amide bonds. The maximum Gasteiger partial charge on any atom is 0.116 e. The zero-order valence-corrected chi connectivity index (χ0v) is 5.41. The number of hydrogen-bond donors (Lipinski definition) is 1. The lowest BCUT2D eigenvalue weighted by molar-refractivity contribution is 0.474. The number of rotatable bonds is 0. The smallest absolute Gasteiger partial charge is 0.116 e. The Balaban J connectivity index is 2.88. The number of benzene rings is 1. The first-order valence-corrected chi connectivity index (χ1v) is 3.20. The molecule has 2 rings (SSSR count). The van der Waals surface area contributed by atoms with Crippen molar-refractivity contribution in [3.63, 3.8) is 0 Å². The highest BCUT2D eigenvalue weighted by Crippen LogP contribution is 1.98. The van der Waals surface area contributed by atoms with Gasteiger partial charge in [-0.25, -0.2) is 0 Å². The molecular weight excluding hydrogens is 126 g/mol. The summed E-state index contributed by atoms with van der Waals surface area (Å²) in [5.74, 6) is 0.312. The van der Waals surface area contributed by atoms with Crippen LogP contribution < -0.4 is 10.6 Å². The van der Waals surface area contributed by atoms with Crippen LogP contribution in [-0.2, 0) is 0 Å². The summed E-state index contributed by atoms with van der Waals surface area (Å²) in [6.45, 7) is 0.749. The summed E-state index contributed by atoms with van der Waals surface area (Å²) in [6, 6.07) is 5.21. The summed E-state index contributed by atoms with van der Waals surface area (Å²) in [7, 11) is 0. The molecule has 1 heterocycles. The fourth-order valence-corrected chi connectivity index (χ4v) is 1.09. The number of hydrogen-bond acceptors (Lipinski definition) is 2. The maximum absolute atomic E-state index is 9.03. The highest BCUT2D eigenvalue weighted by Gasteiger charge is 1.93. The molecule has 0 aliphatic carbocycles. The van der Waals surface area contributed by atoms with Gasteiger partial charge in [0.05, 0.1) is 11.9 Å². The topological polar surface area (TPSA) is 32.6 Å². The average molecular weight is 133 g/mol. The molecule has 0 saturated carbocycles. The van der Waals surface area contributed by atoms with E-state index in [2.05, 4.69) is 4.99 Å². The fourth-order valence-electron chi connectivity index (χ4n) is 1.09. The molecule has 0 atom stereocenters. The van der Waals surface area contributed by atoms with Crippen molar-refractivity contribution >= 4 is 6.08 Å². The van der Waals surface area contributed by atoms with Crippen LogP contribution in [0.1, 0.15) is 0 Å². The van der Waals surface area contributed by atoms with Crippen LogP contribution in [0.2, 0.25) is 0 Å². The van der Waals surface area contributed by atoms with Crippen molar-refractivity contribution in [2.24, 2.45) is 4.99 Å². The van der Waals surface area contributed by atoms with Crippen LogP contribution >= 0.6 is 0 Å². The number of fused-ring (bicyclic) bond motifs is 1. The van der Waals surface area contributed by atoms with E-state index < -0.39 is 0 Å². The van der Waals surface area contributed by atoms with Crippen LogP contribution in [0.4, 0.5) is 0 Å². The van der Waals surface area contributed by atoms with E-state index in [1.807, 2.05) is 12.1 Å². The molecule has 0 aromatic heterocycles. The maximum atomic E-state index is 9.03. The lowest BCUT2D eigenvalue weighted by atomic mass is 10.3. The van der Waals surface area contributed by atoms with E-state index >= 15 is 0 Å². The molecule has 0 saturated heterocycles. The monoisotopic (exact) mass is 133 g/mol. The predicted molar refractivity (Wildman–Crippen MR) is 38.2 cm³/mol. The molecule has 1 aliphatic heterocycles. The molecule has 1 aromatic carbocycles. The summed E-state index contributed by atoms with van der Waals surface area (Å²) >= 11 is 0. The van der Waals surface area contributed by atoms with Crippen LogP contribution in [0.3, 0.4) is 0 Å². The third-order valence-corrected chi connectivity index (χ3v) is 1.58. The molecule has 0 spiro atoms. The van der Waals surface area contributed by atoms with Gasteiger partial charge in [0.25, 0.3) is 0 Å². The highest BCUT2D eigenvalue weighted by molar-refractivity contribution is 5.33. The zero-order valence-electron chi connectivity index (χ0n) is 5.41. The molecule has 1 aliphatic rings. The van der Waals surface area contributed by atoms with Crippen LogP contribution in [0.15, 0.2) is 23.2 Å². The first kappa shape index (κ1) is 5.47. The second kappa shape index (κ2) is 1.84. The van der Waals surface area contributed by atoms with Gasteiger partial charge in [0.2, 0.25) is 0 Å². The Kier molecular flexibility index (Phi) is 1.01. The van der Waals surface area contributed by atoms with Gasteiger partial charge in [-0.05, 0) is 18.2 Å². The predicted octanol–water partition coefficient (Wildman–Crippen LogP) is -0.194. The molecule has 50 valence electrons. The van der Waals surface area contributed by atoms with E-state index in [1.165, 1.54) is 0 Å². The Morgan fingerprint density at radius 1 is 1.40 bits per heavy atom. The first-order chi connectivity index (χ1) is 4.86. The standard InChI is InChI=1S/C8H7NO/c10-7-1-2-8-6(5-7)3-4-9-8/h1-3,5,10H,4H2. The van der Waals surface area contributed by atoms with Gasteiger partial charge in [-0.1, -0.05) is 6.08 Å². The second-order valence-corrected chi connectivity index (χ2v) is 2.29. The SMILES string of the molecule is Oc1ccc2c(c1)=CCN=2. The third-order valence-electron chi connectivity index (χ3n) is 1.58. The lowest BCUT2D eigenvalue weighted by Crippen LogP contribution is -2.19. The minimum absolute atomic E-state index is 0.312. The minimum Gasteiger partial charge on any atom is -0.508 e. The molecule has 0 radical (unpaired) electrons. The Bertz CT molecular complexity index is 367. The van der Waals surface area contributed by atoms with E-state index in [4.69, 9.17) is 5.11 Å². The van der Waals surface area contributed by atoms with Gasteiger partial charge < -0.3 is 5.11 Å². The van der Waals surface area contributed by atoms with Gasteiger partial charge in [0.15, 0.2) is 0 Å². The first-order valence-electron chi connectivity index (χ1n) is 3.20. The molecule has 10 heavy (non-hydrogen) atoms. The van der Waals surface area contributed by atoms with Crippen molar-refractivity contribution in [2.45, 2.75) is 0 Å². The van der Waals surface area contributed by atoms with Crippen LogP contribution in [0.5, 0.6) is 5.75 Å². The fraction of sp³-hybridized carbons (Fsp3) is 0.125. The van der Waals surface area contributed by atoms with Crippen molar-refractivity contribution < 1.29 is 5.11 Å². The number of phenolic OH excluding ortho intramolecular Hbond substituents is 1. The quantitative estimate of drug-likeness (QED) is 0.522. The van der Waals surface area contributed by atoms with Gasteiger partial charge >= 0.3 is 0 Å². The van der Waals surface area contributed by atoms with Gasteiger partial charge in [0, 0.05) is 5.22 Å². The van der Waals surface area contributed by atoms with Gasteiger partial charge in [-0.2, -0.15) is 0 Å². The largest absolute Gasteiger partial charge is 0.508 e. The summed E-state index contributed by atoms with van der Waals surface area (Å²) in [5.41, 5.74) is 0. The average Bonchev–Trinajstić information content (AvgIpc) is 2.33. The highest BCUT2D eigenvalue weighted by atomic mass is 16.3. The summed E-state index contributed by atoms with van der Waals surface area (Å²) in [6.07, 6.45) is 2.00. The lowest BCUT2D eigenvalue weighted by Gasteiger charge is -1.86. The molecule has 2 nitrogen and oxygen atoms in total. The van der Waals surface area contributed by atoms with Crippen LogP contribution in [-0.4, -0.2) is 11.7 Å². The van der Waals surface area contributed by atoms with E-state index in [9.17, 15) is 0 Å². The Hall–Kier alpha value is -1.31. The van der Waals surface area contributed by atoms with E-state index in [1.54, 1.807) is 12.1 Å². The van der Waals surface area contributed by atoms with E-state index in [0.29, 0.717) is 5.75 Å². The van der Waals surface area contributed by atoms with Crippen molar-refractivity contribution in [2.75, 3.05) is 6.54 Å². The van der Waals surface area contributed by atoms with E-state index in [-0.39, 0.29) is 0 Å². The van der Waals surface area contributed by atoms with Crippen molar-refractivity contribution in [1.82, 2.24) is 0 Å². The number of phenols is 1. The summed E-state index contributed by atoms with van der Waals surface area (Å²) in [5, 5.41) is 11.1. The van der Waals surface area contributed by atoms with Crippen molar-refractivity contribution in [1.29, 1.82) is 0 Å². The Morgan fingerprint density at radius 3 is 3.20 bits per heavy atom. The van der Waals surface area contributed by atoms with Gasteiger partial charge in [0.1, 0.15) is 5.75 Å². The summed E-state index contributed by atoms with van der Waals surface area (Å²) in [4.78, 5) is 4.17. The molecule has 0 fully saturated rings. The van der Waals surface area contributed by atoms with Crippen LogP contribution in [0.25, 0.3) is 6.08 Å². The van der Waals surface area contributed by atoms with Gasteiger partial charge in [-0.15, -0.1) is 0 Å². The summed E-state index contributed by atoms with van der Waals surface area (Å²) < 4.78 is 0. The zero-order chi connectivity index (χ0) is 6.97. The van der Waals surface area contributed by atoms with Crippen molar-refractivity contribution in [3.8, 4) is 5.75 Å². The molecule has 2 heteroatoms. The Morgan fingerprint density at radius 2 is 2.30 bits per heavy atom. The number of nitrogens with zero attached hydrogens (tertiary/aromatic N) is 1. The molecule has 0 bridgehead atoms. The van der Waals surface area contributed by atoms with E-state index in [0.717, 1.165) is 17.1 Å². The van der Waals surface area contributed by atoms with Gasteiger partial charge in [-0.3, -0.25) is 4.99 Å². The minimum atomic E-state index is 0.312. The second-order valence-electron chi connectivity index (χ2n) is 2.29. The normalized spacial score (nSPS) is 13.6. The molecule has 1 N–H and O–H groups in total. The van der Waals surface area contributed by atoms with Crippen LogP contribution in [0, 0.1) is 0 Å². The Labute approximate surface area is 58.2 Å². The number of aromatic hydroxyl groups is 1. The molecule has 0 unspecified atom stereocenters. The molecular formula is C8H7NO.